The maximum Gasteiger partial charge on any atom is 0.245 e. The summed E-state index contributed by atoms with van der Waals surface area (Å²) in [4.78, 5) is 26.9. The van der Waals surface area contributed by atoms with Crippen LogP contribution in [0.2, 0.25) is 0 Å². The minimum Gasteiger partial charge on any atom is -0.497 e. The van der Waals surface area contributed by atoms with Crippen molar-refractivity contribution in [2.45, 2.75) is 77.7 Å². The number of nitrogens with zero attached hydrogens (tertiary/aromatic N) is 1. The highest BCUT2D eigenvalue weighted by Crippen LogP contribution is 2.53. The largest absolute Gasteiger partial charge is 0.497 e. The van der Waals surface area contributed by atoms with Gasteiger partial charge in [-0.1, -0.05) is 13.8 Å². The van der Waals surface area contributed by atoms with Crippen LogP contribution >= 0.6 is 0 Å². The van der Waals surface area contributed by atoms with E-state index in [9.17, 15) is 9.59 Å². The highest BCUT2D eigenvalue weighted by Gasteiger charge is 2.51. The molecule has 0 radical (unpaired) electrons. The summed E-state index contributed by atoms with van der Waals surface area (Å²) in [6.07, 6.45) is 2.48. The molecule has 1 aromatic rings. The van der Waals surface area contributed by atoms with Crippen molar-refractivity contribution < 1.29 is 23.8 Å². The summed E-state index contributed by atoms with van der Waals surface area (Å²) in [6, 6.07) is 5.50. The Balaban J connectivity index is 1.51. The normalized spacial score (nSPS) is 28.6. The van der Waals surface area contributed by atoms with Crippen LogP contribution < -0.4 is 14.8 Å². The van der Waals surface area contributed by atoms with Gasteiger partial charge in [-0.2, -0.15) is 0 Å². The number of carbonyl (C=O) groups is 2. The zero-order valence-electron chi connectivity index (χ0n) is 20.7. The van der Waals surface area contributed by atoms with Crippen LogP contribution in [0.25, 0.3) is 0 Å². The van der Waals surface area contributed by atoms with E-state index in [1.54, 1.807) is 7.11 Å². The number of methoxy groups -OCH3 is 1. The minimum absolute atomic E-state index is 0.0220. The topological polar surface area (TPSA) is 77.1 Å². The van der Waals surface area contributed by atoms with Gasteiger partial charge in [0.1, 0.15) is 23.1 Å². The van der Waals surface area contributed by atoms with E-state index in [1.165, 1.54) is 6.92 Å². The molecule has 7 heteroatoms. The highest BCUT2D eigenvalue weighted by molar-refractivity contribution is 5.87. The van der Waals surface area contributed by atoms with Crippen LogP contribution in [-0.2, 0) is 14.3 Å². The molecule has 2 amide bonds. The first-order valence-electron chi connectivity index (χ1n) is 12.2. The smallest absolute Gasteiger partial charge is 0.245 e. The molecule has 4 rings (SSSR count). The molecular weight excluding hydrogens is 420 g/mol. The predicted octanol–water partition coefficient (Wildman–Crippen LogP) is 3.71. The van der Waals surface area contributed by atoms with Crippen LogP contribution in [0.4, 0.5) is 0 Å². The third-order valence-electron chi connectivity index (χ3n) is 7.40. The van der Waals surface area contributed by atoms with Crippen molar-refractivity contribution in [3.8, 4) is 11.5 Å². The Hall–Kier alpha value is -2.28. The fraction of sp³-hybridized carbons (Fsp3) is 0.692. The summed E-state index contributed by atoms with van der Waals surface area (Å²) < 4.78 is 18.5. The molecule has 1 N–H and O–H groups in total. The number of rotatable bonds is 5. The molecule has 0 aliphatic carbocycles. The standard InChI is InChI=1S/C26H38N2O5/c1-15(2)11-21(27-16(3)29)25(30)28-10-9-22-17(14-28)12-20-24(32-22)19-8-7-18(31-6)13-23(19)33-26(20,4)5/h7-8,13,15,17,20-22,24H,9-12,14H2,1-6H3,(H,27,29)/t17-,20+,21-,22+,24-/m1/s1. The number of hydrogen-bond acceptors (Lipinski definition) is 5. The highest BCUT2D eigenvalue weighted by atomic mass is 16.5. The predicted molar refractivity (Wildman–Crippen MR) is 125 cm³/mol. The number of fused-ring (bicyclic) bond motifs is 4. The van der Waals surface area contributed by atoms with Crippen molar-refractivity contribution in [3.63, 3.8) is 0 Å². The molecule has 5 atom stereocenters. The molecule has 2 saturated heterocycles. The van der Waals surface area contributed by atoms with E-state index in [1.807, 2.05) is 17.0 Å². The van der Waals surface area contributed by atoms with Gasteiger partial charge in [0, 0.05) is 43.5 Å². The van der Waals surface area contributed by atoms with Gasteiger partial charge in [0.15, 0.2) is 0 Å². The monoisotopic (exact) mass is 458 g/mol. The molecule has 0 bridgehead atoms. The minimum atomic E-state index is -0.465. The number of amides is 2. The van der Waals surface area contributed by atoms with E-state index in [4.69, 9.17) is 14.2 Å². The molecular formula is C26H38N2O5. The van der Waals surface area contributed by atoms with Crippen molar-refractivity contribution in [2.24, 2.45) is 17.8 Å². The maximum absolute atomic E-state index is 13.3. The number of hydrogen-bond donors (Lipinski definition) is 1. The van der Waals surface area contributed by atoms with Crippen LogP contribution in [0.5, 0.6) is 11.5 Å². The average molecular weight is 459 g/mol. The first kappa shape index (κ1) is 23.9. The lowest BCUT2D eigenvalue weighted by Gasteiger charge is -2.53. The van der Waals surface area contributed by atoms with Crippen molar-refractivity contribution in [1.82, 2.24) is 10.2 Å². The number of nitrogens with one attached hydrogen (secondary N) is 1. The summed E-state index contributed by atoms with van der Waals surface area (Å²) in [5.41, 5.74) is 0.692. The number of piperidine rings is 1. The summed E-state index contributed by atoms with van der Waals surface area (Å²) in [7, 11) is 1.66. The number of likely N-dealkylation sites (tertiary alicyclic amines) is 1. The summed E-state index contributed by atoms with van der Waals surface area (Å²) >= 11 is 0. The van der Waals surface area contributed by atoms with E-state index < -0.39 is 11.6 Å². The van der Waals surface area contributed by atoms with Crippen LogP contribution in [0.1, 0.15) is 65.5 Å². The second kappa shape index (κ2) is 9.16. The van der Waals surface area contributed by atoms with Crippen LogP contribution in [0.15, 0.2) is 18.2 Å². The molecule has 0 saturated carbocycles. The van der Waals surface area contributed by atoms with Gasteiger partial charge in [0.05, 0.1) is 19.3 Å². The third kappa shape index (κ3) is 4.84. The third-order valence-corrected chi connectivity index (χ3v) is 7.40. The van der Waals surface area contributed by atoms with Gasteiger partial charge in [-0.25, -0.2) is 0 Å². The van der Waals surface area contributed by atoms with Gasteiger partial charge in [-0.3, -0.25) is 9.59 Å². The van der Waals surface area contributed by atoms with Crippen LogP contribution in [-0.4, -0.2) is 54.7 Å². The van der Waals surface area contributed by atoms with E-state index in [0.717, 1.165) is 29.9 Å². The summed E-state index contributed by atoms with van der Waals surface area (Å²) in [6.45, 7) is 11.2. The molecule has 182 valence electrons. The van der Waals surface area contributed by atoms with Crippen LogP contribution in [0.3, 0.4) is 0 Å². The second-order valence-electron chi connectivity index (χ2n) is 10.8. The quantitative estimate of drug-likeness (QED) is 0.728. The fourth-order valence-corrected chi connectivity index (χ4v) is 5.77. The van der Waals surface area contributed by atoms with Crippen molar-refractivity contribution in [2.75, 3.05) is 20.2 Å². The fourth-order valence-electron chi connectivity index (χ4n) is 5.77. The lowest BCUT2D eigenvalue weighted by Crippen LogP contribution is -2.58. The van der Waals surface area contributed by atoms with E-state index >= 15 is 0 Å². The molecule has 3 aliphatic rings. The Morgan fingerprint density at radius 3 is 2.73 bits per heavy atom. The Kier molecular flexibility index (Phi) is 6.63. The number of carbonyl (C=O) groups excluding carboxylic acids is 2. The molecule has 3 heterocycles. The summed E-state index contributed by atoms with van der Waals surface area (Å²) in [5, 5.41) is 2.87. The molecule has 1 aromatic carbocycles. The van der Waals surface area contributed by atoms with E-state index in [2.05, 4.69) is 39.1 Å². The van der Waals surface area contributed by atoms with E-state index in [0.29, 0.717) is 25.4 Å². The Morgan fingerprint density at radius 1 is 1.30 bits per heavy atom. The molecule has 0 spiro atoms. The molecule has 7 nitrogen and oxygen atoms in total. The zero-order valence-corrected chi connectivity index (χ0v) is 20.7. The molecule has 0 aromatic heterocycles. The maximum atomic E-state index is 13.3. The molecule has 3 aliphatic heterocycles. The zero-order chi connectivity index (χ0) is 23.9. The first-order chi connectivity index (χ1) is 15.6. The van der Waals surface area contributed by atoms with Crippen molar-refractivity contribution in [3.05, 3.63) is 23.8 Å². The SMILES string of the molecule is COc1ccc2c(c1)OC(C)(C)[C@H]1C[C@@H]3CN(C(=O)[C@@H](CC(C)C)NC(C)=O)CC[C@@H]3O[C@H]21. The average Bonchev–Trinajstić information content (AvgIpc) is 2.75. The lowest BCUT2D eigenvalue weighted by molar-refractivity contribution is -0.189. The molecule has 0 unspecified atom stereocenters. The van der Waals surface area contributed by atoms with Crippen molar-refractivity contribution in [1.29, 1.82) is 0 Å². The van der Waals surface area contributed by atoms with Gasteiger partial charge in [0.2, 0.25) is 11.8 Å². The number of benzene rings is 1. The summed E-state index contributed by atoms with van der Waals surface area (Å²) in [5.74, 6) is 2.23. The van der Waals surface area contributed by atoms with Gasteiger partial charge in [0.25, 0.3) is 0 Å². The number of ether oxygens (including phenoxy) is 3. The van der Waals surface area contributed by atoms with Gasteiger partial charge in [-0.15, -0.1) is 0 Å². The van der Waals surface area contributed by atoms with Crippen LogP contribution in [0, 0.1) is 17.8 Å². The molecule has 2 fully saturated rings. The Bertz CT molecular complexity index is 899. The van der Waals surface area contributed by atoms with Gasteiger partial charge >= 0.3 is 0 Å². The second-order valence-corrected chi connectivity index (χ2v) is 10.8. The Morgan fingerprint density at radius 2 is 2.06 bits per heavy atom. The lowest BCUT2D eigenvalue weighted by atomic mass is 9.70. The molecule has 33 heavy (non-hydrogen) atoms. The van der Waals surface area contributed by atoms with Gasteiger partial charge in [-0.05, 0) is 51.2 Å². The van der Waals surface area contributed by atoms with Gasteiger partial charge < -0.3 is 24.4 Å². The first-order valence-corrected chi connectivity index (χ1v) is 12.2. The Labute approximate surface area is 197 Å². The van der Waals surface area contributed by atoms with Crippen molar-refractivity contribution >= 4 is 11.8 Å². The van der Waals surface area contributed by atoms with E-state index in [-0.39, 0.29) is 35.9 Å².